The number of hydrogen-bond donors (Lipinski definition) is 1. The van der Waals surface area contributed by atoms with Crippen LogP contribution in [0.3, 0.4) is 0 Å². The van der Waals surface area contributed by atoms with Crippen molar-refractivity contribution in [3.05, 3.63) is 74.9 Å². The van der Waals surface area contributed by atoms with Crippen LogP contribution in [0.5, 0.6) is 0 Å². The van der Waals surface area contributed by atoms with Gasteiger partial charge in [0.1, 0.15) is 17.3 Å². The zero-order valence-corrected chi connectivity index (χ0v) is 10.1. The van der Waals surface area contributed by atoms with Crippen molar-refractivity contribution in [2.24, 2.45) is 0 Å². The second-order valence-corrected chi connectivity index (χ2v) is 4.19. The second-order valence-electron chi connectivity index (χ2n) is 4.19. The van der Waals surface area contributed by atoms with Crippen LogP contribution in [0.15, 0.2) is 52.1 Å². The largest absolute Gasteiger partial charge is 0.333 e. The summed E-state index contributed by atoms with van der Waals surface area (Å²) in [7, 11) is 0. The fourth-order valence-corrected chi connectivity index (χ4v) is 2.07. The maximum Gasteiger partial charge on any atom is 0.333 e. The van der Waals surface area contributed by atoms with Gasteiger partial charge >= 0.3 is 5.69 Å². The van der Waals surface area contributed by atoms with Gasteiger partial charge in [-0.25, -0.2) is 18.1 Å². The molecular weight excluding hydrogens is 266 g/mol. The van der Waals surface area contributed by atoms with Gasteiger partial charge in [0.2, 0.25) is 0 Å². The Balaban J connectivity index is 2.50. The van der Waals surface area contributed by atoms with Gasteiger partial charge in [-0.15, -0.1) is 0 Å². The molecule has 0 aliphatic rings. The van der Waals surface area contributed by atoms with Crippen LogP contribution in [0.4, 0.5) is 8.78 Å². The lowest BCUT2D eigenvalue weighted by Gasteiger charge is -2.08. The van der Waals surface area contributed by atoms with Crippen LogP contribution < -0.4 is 11.2 Å². The Kier molecular flexibility index (Phi) is 2.71. The van der Waals surface area contributed by atoms with E-state index in [-0.39, 0.29) is 5.39 Å². The van der Waals surface area contributed by atoms with Crippen LogP contribution >= 0.6 is 0 Å². The van der Waals surface area contributed by atoms with Crippen LogP contribution in [0.2, 0.25) is 0 Å². The zero-order chi connectivity index (χ0) is 14.3. The second kappa shape index (κ2) is 4.41. The highest BCUT2D eigenvalue weighted by Gasteiger charge is 2.16. The minimum Gasteiger partial charge on any atom is -0.306 e. The Morgan fingerprint density at radius 1 is 0.900 bits per heavy atom. The van der Waals surface area contributed by atoms with Gasteiger partial charge in [0, 0.05) is 0 Å². The zero-order valence-electron chi connectivity index (χ0n) is 10.1. The predicted molar refractivity (Wildman–Crippen MR) is 70.1 cm³/mol. The van der Waals surface area contributed by atoms with E-state index in [9.17, 15) is 18.4 Å². The fourth-order valence-electron chi connectivity index (χ4n) is 2.07. The summed E-state index contributed by atoms with van der Waals surface area (Å²) < 4.78 is 28.0. The molecule has 2 aromatic carbocycles. The fraction of sp³-hybridized carbons (Fsp3) is 0. The molecule has 3 rings (SSSR count). The van der Waals surface area contributed by atoms with E-state index >= 15 is 0 Å². The van der Waals surface area contributed by atoms with Gasteiger partial charge in [-0.2, -0.15) is 0 Å². The minimum absolute atomic E-state index is 0.176. The lowest BCUT2D eigenvalue weighted by Crippen LogP contribution is -2.34. The third kappa shape index (κ3) is 1.73. The summed E-state index contributed by atoms with van der Waals surface area (Å²) in [5, 5.41) is 0.176. The van der Waals surface area contributed by atoms with Crippen molar-refractivity contribution in [2.45, 2.75) is 0 Å². The van der Waals surface area contributed by atoms with Gasteiger partial charge in [-0.3, -0.25) is 4.79 Å². The molecule has 0 saturated carbocycles. The average Bonchev–Trinajstić information content (AvgIpc) is 2.42. The maximum atomic E-state index is 13.7. The number of halogens is 2. The van der Waals surface area contributed by atoms with E-state index in [0.29, 0.717) is 10.1 Å². The number of nitrogens with one attached hydrogen (secondary N) is 1. The molecule has 0 bridgehead atoms. The monoisotopic (exact) mass is 274 g/mol. The van der Waals surface area contributed by atoms with E-state index in [2.05, 4.69) is 4.98 Å². The summed E-state index contributed by atoms with van der Waals surface area (Å²) in [4.78, 5) is 26.6. The first kappa shape index (κ1) is 12.3. The average molecular weight is 274 g/mol. The van der Waals surface area contributed by atoms with E-state index in [1.807, 2.05) is 0 Å². The number of benzene rings is 2. The number of hydrogen-bond acceptors (Lipinski definition) is 2. The molecule has 4 nitrogen and oxygen atoms in total. The van der Waals surface area contributed by atoms with Gasteiger partial charge in [-0.1, -0.05) is 18.2 Å². The number of H-pyrrole nitrogens is 1. The van der Waals surface area contributed by atoms with E-state index in [1.54, 1.807) is 18.2 Å². The SMILES string of the molecule is O=c1[nH]c2ccccc2c(=O)n1-c1c(F)cccc1F. The quantitative estimate of drug-likeness (QED) is 0.737. The van der Waals surface area contributed by atoms with Gasteiger partial charge in [0.25, 0.3) is 5.56 Å². The van der Waals surface area contributed by atoms with E-state index in [4.69, 9.17) is 0 Å². The van der Waals surface area contributed by atoms with E-state index in [0.717, 1.165) is 18.2 Å². The van der Waals surface area contributed by atoms with Crippen molar-refractivity contribution in [3.63, 3.8) is 0 Å². The summed E-state index contributed by atoms with van der Waals surface area (Å²) in [6, 6.07) is 9.40. The van der Waals surface area contributed by atoms with Crippen LogP contribution in [-0.2, 0) is 0 Å². The Bertz CT molecular complexity index is 908. The smallest absolute Gasteiger partial charge is 0.306 e. The van der Waals surface area contributed by atoms with Crippen molar-refractivity contribution >= 4 is 10.9 Å². The highest BCUT2D eigenvalue weighted by atomic mass is 19.1. The summed E-state index contributed by atoms with van der Waals surface area (Å²) in [6.07, 6.45) is 0. The molecule has 1 aromatic heterocycles. The van der Waals surface area contributed by atoms with Crippen LogP contribution in [0.25, 0.3) is 16.6 Å². The predicted octanol–water partition coefficient (Wildman–Crippen LogP) is 1.96. The van der Waals surface area contributed by atoms with Crippen molar-refractivity contribution in [1.29, 1.82) is 0 Å². The normalized spacial score (nSPS) is 10.9. The molecule has 3 aromatic rings. The number of aromatic nitrogens is 2. The summed E-state index contributed by atoms with van der Waals surface area (Å²) in [6.45, 7) is 0. The molecule has 0 aliphatic carbocycles. The first-order valence-electron chi connectivity index (χ1n) is 5.78. The van der Waals surface area contributed by atoms with E-state index in [1.165, 1.54) is 6.07 Å². The molecule has 0 amide bonds. The number of fused-ring (bicyclic) bond motifs is 1. The first-order valence-corrected chi connectivity index (χ1v) is 5.78. The highest BCUT2D eigenvalue weighted by Crippen LogP contribution is 2.15. The van der Waals surface area contributed by atoms with E-state index < -0.39 is 28.6 Å². The number of rotatable bonds is 1. The minimum atomic E-state index is -0.979. The lowest BCUT2D eigenvalue weighted by molar-refractivity contribution is 0.563. The van der Waals surface area contributed by atoms with Crippen molar-refractivity contribution in [2.75, 3.05) is 0 Å². The molecule has 0 fully saturated rings. The van der Waals surface area contributed by atoms with Crippen LogP contribution in [0.1, 0.15) is 0 Å². The molecule has 100 valence electrons. The highest BCUT2D eigenvalue weighted by molar-refractivity contribution is 5.77. The third-order valence-electron chi connectivity index (χ3n) is 2.97. The number of nitrogens with zero attached hydrogens (tertiary/aromatic N) is 1. The molecule has 0 spiro atoms. The summed E-state index contributed by atoms with van der Waals surface area (Å²) in [5.41, 5.74) is -2.02. The Morgan fingerprint density at radius 3 is 2.25 bits per heavy atom. The van der Waals surface area contributed by atoms with Gasteiger partial charge in [0.15, 0.2) is 0 Å². The Hall–Kier alpha value is -2.76. The van der Waals surface area contributed by atoms with Crippen LogP contribution in [0, 0.1) is 11.6 Å². The molecule has 0 saturated heterocycles. The van der Waals surface area contributed by atoms with Gasteiger partial charge in [-0.05, 0) is 24.3 Å². The van der Waals surface area contributed by atoms with Crippen molar-refractivity contribution in [3.8, 4) is 5.69 Å². The summed E-state index contributed by atoms with van der Waals surface area (Å²) in [5.74, 6) is -1.96. The lowest BCUT2D eigenvalue weighted by atomic mass is 10.2. The van der Waals surface area contributed by atoms with Gasteiger partial charge < -0.3 is 4.98 Å². The molecule has 20 heavy (non-hydrogen) atoms. The van der Waals surface area contributed by atoms with Crippen molar-refractivity contribution in [1.82, 2.24) is 9.55 Å². The molecule has 0 atom stereocenters. The molecule has 0 aliphatic heterocycles. The van der Waals surface area contributed by atoms with Crippen LogP contribution in [-0.4, -0.2) is 9.55 Å². The standard InChI is InChI=1S/C14H8F2N2O2/c15-9-5-3-6-10(16)12(9)18-13(19)8-4-1-2-7-11(8)17-14(18)20/h1-7H,(H,17,20). The molecule has 6 heteroatoms. The third-order valence-corrected chi connectivity index (χ3v) is 2.97. The summed E-state index contributed by atoms with van der Waals surface area (Å²) >= 11 is 0. The molecular formula is C14H8F2N2O2. The maximum absolute atomic E-state index is 13.7. The van der Waals surface area contributed by atoms with Crippen molar-refractivity contribution < 1.29 is 8.78 Å². The first-order chi connectivity index (χ1) is 9.59. The molecule has 0 unspecified atom stereocenters. The number of para-hydroxylation sites is 2. The Labute approximate surface area is 110 Å². The topological polar surface area (TPSA) is 54.9 Å². The Morgan fingerprint density at radius 2 is 1.55 bits per heavy atom. The molecule has 1 heterocycles. The number of aromatic amines is 1. The van der Waals surface area contributed by atoms with Gasteiger partial charge in [0.05, 0.1) is 10.9 Å². The molecule has 1 N–H and O–H groups in total. The molecule has 0 radical (unpaired) electrons.